The summed E-state index contributed by atoms with van der Waals surface area (Å²) in [7, 11) is 1.45. The van der Waals surface area contributed by atoms with Crippen molar-refractivity contribution in [3.8, 4) is 5.75 Å². The van der Waals surface area contributed by atoms with Gasteiger partial charge in [0, 0.05) is 12.0 Å². The van der Waals surface area contributed by atoms with E-state index in [1.807, 2.05) is 0 Å². The normalized spacial score (nSPS) is 16.8. The molecule has 4 heteroatoms. The number of hydrogen-bond acceptors (Lipinski definition) is 4. The van der Waals surface area contributed by atoms with Crippen LogP contribution in [0, 0.1) is 0 Å². The molecule has 0 aliphatic heterocycles. The Bertz CT molecular complexity index is 455. The van der Waals surface area contributed by atoms with Crippen LogP contribution in [-0.4, -0.2) is 13.4 Å². The van der Waals surface area contributed by atoms with Gasteiger partial charge in [0.2, 0.25) is 0 Å². The van der Waals surface area contributed by atoms with Gasteiger partial charge in [0.1, 0.15) is 17.1 Å². The molecule has 1 aliphatic carbocycles. The summed E-state index contributed by atoms with van der Waals surface area (Å²) in [6, 6.07) is 1.68. The molecule has 0 N–H and O–H groups in total. The van der Waals surface area contributed by atoms with Crippen LogP contribution in [0.3, 0.4) is 0 Å². The third-order valence-electron chi connectivity index (χ3n) is 3.31. The monoisotopic (exact) mass is 236 g/mol. The van der Waals surface area contributed by atoms with Crippen LogP contribution in [0.5, 0.6) is 5.75 Å². The highest BCUT2D eigenvalue weighted by Gasteiger charge is 2.21. The number of hydrogen-bond donors (Lipinski definition) is 0. The molecule has 0 atom stereocenters. The fourth-order valence-electron chi connectivity index (χ4n) is 2.36. The van der Waals surface area contributed by atoms with Crippen molar-refractivity contribution in [2.24, 2.45) is 0 Å². The SMILES string of the molecule is COc1cc(C2CCCCC2)oc(=O)c1C=O. The van der Waals surface area contributed by atoms with Gasteiger partial charge in [-0.15, -0.1) is 0 Å². The molecule has 0 spiro atoms. The van der Waals surface area contributed by atoms with Crippen LogP contribution in [0.4, 0.5) is 0 Å². The molecule has 1 aromatic heterocycles. The number of carbonyl (C=O) groups is 1. The van der Waals surface area contributed by atoms with Crippen molar-refractivity contribution < 1.29 is 13.9 Å². The number of rotatable bonds is 3. The molecule has 1 saturated carbocycles. The Balaban J connectivity index is 2.38. The van der Waals surface area contributed by atoms with Crippen LogP contribution in [-0.2, 0) is 0 Å². The Kier molecular flexibility index (Phi) is 3.61. The van der Waals surface area contributed by atoms with Gasteiger partial charge in [0.15, 0.2) is 6.29 Å². The second-order valence-corrected chi connectivity index (χ2v) is 4.37. The fraction of sp³-hybridized carbons (Fsp3) is 0.538. The molecule has 0 aromatic carbocycles. The van der Waals surface area contributed by atoms with Crippen molar-refractivity contribution in [3.63, 3.8) is 0 Å². The Hall–Kier alpha value is -1.58. The summed E-state index contributed by atoms with van der Waals surface area (Å²) in [5.41, 5.74) is -0.632. The average Bonchev–Trinajstić information content (AvgIpc) is 2.38. The van der Waals surface area contributed by atoms with Crippen molar-refractivity contribution >= 4 is 6.29 Å². The first kappa shape index (κ1) is 11.9. The maximum atomic E-state index is 11.6. The van der Waals surface area contributed by atoms with Crippen LogP contribution < -0.4 is 10.4 Å². The molecule has 17 heavy (non-hydrogen) atoms. The zero-order valence-corrected chi connectivity index (χ0v) is 9.90. The Morgan fingerprint density at radius 1 is 1.35 bits per heavy atom. The van der Waals surface area contributed by atoms with E-state index < -0.39 is 5.63 Å². The first-order valence-electron chi connectivity index (χ1n) is 5.93. The summed E-state index contributed by atoms with van der Waals surface area (Å²) in [6.07, 6.45) is 6.11. The molecule has 2 rings (SSSR count). The van der Waals surface area contributed by atoms with E-state index in [0.717, 1.165) is 25.7 Å². The van der Waals surface area contributed by atoms with E-state index in [4.69, 9.17) is 9.15 Å². The molecule has 1 aliphatic rings. The highest BCUT2D eigenvalue weighted by molar-refractivity contribution is 5.78. The van der Waals surface area contributed by atoms with Crippen LogP contribution in [0.2, 0.25) is 0 Å². The topological polar surface area (TPSA) is 56.5 Å². The second-order valence-electron chi connectivity index (χ2n) is 4.37. The zero-order chi connectivity index (χ0) is 12.3. The minimum absolute atomic E-state index is 0.0351. The molecule has 0 amide bonds. The van der Waals surface area contributed by atoms with Crippen LogP contribution in [0.15, 0.2) is 15.3 Å². The maximum Gasteiger partial charge on any atom is 0.350 e. The van der Waals surface area contributed by atoms with E-state index in [1.54, 1.807) is 6.07 Å². The van der Waals surface area contributed by atoms with Crippen molar-refractivity contribution in [3.05, 3.63) is 27.8 Å². The van der Waals surface area contributed by atoms with Gasteiger partial charge in [-0.25, -0.2) is 4.79 Å². The van der Waals surface area contributed by atoms with Gasteiger partial charge in [0.25, 0.3) is 0 Å². The van der Waals surface area contributed by atoms with Gasteiger partial charge in [-0.05, 0) is 12.8 Å². The quantitative estimate of drug-likeness (QED) is 0.756. The Morgan fingerprint density at radius 2 is 2.06 bits per heavy atom. The van der Waals surface area contributed by atoms with Crippen LogP contribution >= 0.6 is 0 Å². The van der Waals surface area contributed by atoms with Crippen molar-refractivity contribution in [1.82, 2.24) is 0 Å². The standard InChI is InChI=1S/C13H16O4/c1-16-12-7-11(9-5-3-2-4-6-9)17-13(15)10(12)8-14/h7-9H,2-6H2,1H3. The van der Waals surface area contributed by atoms with Crippen LogP contribution in [0.25, 0.3) is 0 Å². The van der Waals surface area contributed by atoms with Gasteiger partial charge in [-0.3, -0.25) is 4.79 Å². The molecule has 0 bridgehead atoms. The fourth-order valence-corrected chi connectivity index (χ4v) is 2.36. The van der Waals surface area contributed by atoms with Gasteiger partial charge in [-0.1, -0.05) is 19.3 Å². The van der Waals surface area contributed by atoms with Crippen molar-refractivity contribution in [2.45, 2.75) is 38.0 Å². The molecule has 0 radical (unpaired) electrons. The van der Waals surface area contributed by atoms with Crippen LogP contribution in [0.1, 0.15) is 54.1 Å². The van der Waals surface area contributed by atoms with E-state index in [9.17, 15) is 9.59 Å². The van der Waals surface area contributed by atoms with Gasteiger partial charge in [0.05, 0.1) is 7.11 Å². The highest BCUT2D eigenvalue weighted by Crippen LogP contribution is 2.33. The summed E-state index contributed by atoms with van der Waals surface area (Å²) in [6.45, 7) is 0. The summed E-state index contributed by atoms with van der Waals surface area (Å²) < 4.78 is 10.3. The third kappa shape index (κ3) is 2.40. The number of ether oxygens (including phenoxy) is 1. The van der Waals surface area contributed by atoms with Crippen molar-refractivity contribution in [2.75, 3.05) is 7.11 Å². The van der Waals surface area contributed by atoms with Gasteiger partial charge in [-0.2, -0.15) is 0 Å². The van der Waals surface area contributed by atoms with Gasteiger partial charge >= 0.3 is 5.63 Å². The minimum atomic E-state index is -0.597. The molecule has 1 aromatic rings. The van der Waals surface area contributed by atoms with E-state index in [2.05, 4.69) is 0 Å². The lowest BCUT2D eigenvalue weighted by atomic mass is 9.87. The number of carbonyl (C=O) groups excluding carboxylic acids is 1. The summed E-state index contributed by atoms with van der Waals surface area (Å²) in [5, 5.41) is 0. The molecule has 4 nitrogen and oxygen atoms in total. The average molecular weight is 236 g/mol. The van der Waals surface area contributed by atoms with E-state index >= 15 is 0 Å². The Morgan fingerprint density at radius 3 is 2.65 bits per heavy atom. The van der Waals surface area contributed by atoms with E-state index in [-0.39, 0.29) is 11.5 Å². The lowest BCUT2D eigenvalue weighted by molar-refractivity contribution is 0.111. The van der Waals surface area contributed by atoms with Gasteiger partial charge < -0.3 is 9.15 Å². The summed E-state index contributed by atoms with van der Waals surface area (Å²) in [5.74, 6) is 1.25. The zero-order valence-electron chi connectivity index (χ0n) is 9.90. The molecule has 0 saturated heterocycles. The molecule has 92 valence electrons. The predicted octanol–water partition coefficient (Wildman–Crippen LogP) is 2.51. The molecular formula is C13H16O4. The minimum Gasteiger partial charge on any atom is -0.496 e. The summed E-state index contributed by atoms with van der Waals surface area (Å²) in [4.78, 5) is 22.4. The molecule has 0 unspecified atom stereocenters. The summed E-state index contributed by atoms with van der Waals surface area (Å²) >= 11 is 0. The van der Waals surface area contributed by atoms with E-state index in [0.29, 0.717) is 17.8 Å². The molecule has 1 fully saturated rings. The molecular weight excluding hydrogens is 220 g/mol. The van der Waals surface area contributed by atoms with E-state index in [1.165, 1.54) is 13.5 Å². The third-order valence-corrected chi connectivity index (χ3v) is 3.31. The molecule has 1 heterocycles. The highest BCUT2D eigenvalue weighted by atomic mass is 16.5. The first-order valence-corrected chi connectivity index (χ1v) is 5.93. The maximum absolute atomic E-state index is 11.6. The lowest BCUT2D eigenvalue weighted by Gasteiger charge is -2.20. The first-order chi connectivity index (χ1) is 8.26. The van der Waals surface area contributed by atoms with Crippen molar-refractivity contribution in [1.29, 1.82) is 0 Å². The predicted molar refractivity (Wildman–Crippen MR) is 62.7 cm³/mol. The Labute approximate surface area is 99.6 Å². The second kappa shape index (κ2) is 5.17. The smallest absolute Gasteiger partial charge is 0.350 e. The lowest BCUT2D eigenvalue weighted by Crippen LogP contribution is -2.13. The number of aldehydes is 1. The number of methoxy groups -OCH3 is 1. The largest absolute Gasteiger partial charge is 0.496 e.